The van der Waals surface area contributed by atoms with Gasteiger partial charge in [-0.25, -0.2) is 4.52 Å². The van der Waals surface area contributed by atoms with E-state index in [0.29, 0.717) is 11.5 Å². The summed E-state index contributed by atoms with van der Waals surface area (Å²) in [5.41, 5.74) is 1.37. The van der Waals surface area contributed by atoms with E-state index in [1.54, 1.807) is 30.6 Å². The quantitative estimate of drug-likeness (QED) is 0.507. The molecule has 0 saturated heterocycles. The molecule has 0 spiro atoms. The second kappa shape index (κ2) is 10.7. The molecule has 2 aromatic heterocycles. The summed E-state index contributed by atoms with van der Waals surface area (Å²) in [7, 11) is 0. The maximum atomic E-state index is 13.9. The summed E-state index contributed by atoms with van der Waals surface area (Å²) in [5.74, 6) is -7.34. The third kappa shape index (κ3) is 6.73. The Kier molecular flexibility index (Phi) is 9.39. The molecule has 2 heterocycles. The highest BCUT2D eigenvalue weighted by Crippen LogP contribution is 2.50. The number of ketones is 1. The predicted octanol–water partition coefficient (Wildman–Crippen LogP) is 6.64. The van der Waals surface area contributed by atoms with Crippen molar-refractivity contribution >= 4 is 11.3 Å². The summed E-state index contributed by atoms with van der Waals surface area (Å²) < 4.78 is 61.7. The van der Waals surface area contributed by atoms with Gasteiger partial charge in [-0.2, -0.15) is 22.0 Å². The monoisotopic (exact) mass is 464 g/mol. The van der Waals surface area contributed by atoms with Crippen molar-refractivity contribution in [3.05, 3.63) is 35.4 Å². The van der Waals surface area contributed by atoms with Gasteiger partial charge in [-0.05, 0) is 64.2 Å². The molecule has 0 bridgehead atoms. The van der Waals surface area contributed by atoms with Crippen molar-refractivity contribution in [3.8, 4) is 0 Å². The number of hydrogen-bond acceptors (Lipinski definition) is 3. The predicted molar refractivity (Wildman–Crippen MR) is 114 cm³/mol. The number of Topliss-reactive ketones (excluding diaryl/α,β-unsaturated/α-hetero) is 1. The number of carbonyl (C=O) groups is 1. The average Bonchev–Trinajstić information content (AvgIpc) is 2.96. The van der Waals surface area contributed by atoms with E-state index in [2.05, 4.69) is 5.10 Å². The lowest BCUT2D eigenvalue weighted by molar-refractivity contribution is -0.275. The molecule has 4 rings (SSSR count). The first kappa shape index (κ1) is 28.0. The number of aliphatic hydroxyl groups is 1. The van der Waals surface area contributed by atoms with Crippen molar-refractivity contribution in [1.29, 1.82) is 0 Å². The lowest BCUT2D eigenvalue weighted by Gasteiger charge is -2.35. The Balaban J connectivity index is 0.000000304. The zero-order chi connectivity index (χ0) is 24.9. The van der Waals surface area contributed by atoms with E-state index in [9.17, 15) is 31.9 Å². The van der Waals surface area contributed by atoms with Crippen molar-refractivity contribution < 1.29 is 31.9 Å². The maximum Gasteiger partial charge on any atom is 0.310 e. The first-order valence-corrected chi connectivity index (χ1v) is 10.8. The first-order valence-electron chi connectivity index (χ1n) is 10.8. The molecular formula is C23H33F5N2O2. The van der Waals surface area contributed by atoms with Crippen LogP contribution in [0.3, 0.4) is 0 Å². The smallest absolute Gasteiger partial charge is 0.310 e. The number of halogens is 5. The highest BCUT2D eigenvalue weighted by Gasteiger charge is 2.64. The molecule has 0 radical (unpaired) electrons. The molecule has 2 aliphatic carbocycles. The Hall–Kier alpha value is -2.03. The number of carbonyl (C=O) groups excluding carboxylic acids is 1. The van der Waals surface area contributed by atoms with E-state index in [1.807, 2.05) is 19.9 Å². The van der Waals surface area contributed by atoms with Crippen LogP contribution in [0.2, 0.25) is 0 Å². The zero-order valence-corrected chi connectivity index (χ0v) is 19.5. The summed E-state index contributed by atoms with van der Waals surface area (Å²) >= 11 is 0. The van der Waals surface area contributed by atoms with Crippen LogP contribution in [0.5, 0.6) is 0 Å². The first-order chi connectivity index (χ1) is 14.7. The van der Waals surface area contributed by atoms with Crippen molar-refractivity contribution in [2.45, 2.75) is 97.0 Å². The Bertz CT molecular complexity index is 882. The van der Waals surface area contributed by atoms with E-state index < -0.39 is 30.3 Å². The summed E-state index contributed by atoms with van der Waals surface area (Å²) in [4.78, 5) is 9.44. The van der Waals surface area contributed by atoms with Crippen LogP contribution in [0.15, 0.2) is 18.3 Å². The zero-order valence-electron chi connectivity index (χ0n) is 19.5. The maximum absolute atomic E-state index is 13.9. The van der Waals surface area contributed by atoms with Crippen LogP contribution in [0, 0.1) is 5.95 Å². The van der Waals surface area contributed by atoms with Crippen molar-refractivity contribution in [2.75, 3.05) is 0 Å². The van der Waals surface area contributed by atoms with Gasteiger partial charge in [-0.1, -0.05) is 20.3 Å². The number of nitrogens with zero attached hydrogens (tertiary/aromatic N) is 2. The molecule has 4 nitrogen and oxygen atoms in total. The third-order valence-corrected chi connectivity index (χ3v) is 5.14. The van der Waals surface area contributed by atoms with E-state index in [-0.39, 0.29) is 11.7 Å². The Labute approximate surface area is 185 Å². The van der Waals surface area contributed by atoms with Gasteiger partial charge in [-0.3, -0.25) is 0 Å². The highest BCUT2D eigenvalue weighted by molar-refractivity contribution is 5.72. The SMILES string of the molecule is CC.CC(C)(O)c1ccn2nc(F)c(C3CCC3)c2c1.CC(C)=O.FC1(F)CCC1(F)F. The van der Waals surface area contributed by atoms with Gasteiger partial charge in [0.25, 0.3) is 0 Å². The molecule has 0 amide bonds. The van der Waals surface area contributed by atoms with Gasteiger partial charge in [0.05, 0.1) is 11.1 Å². The molecule has 0 aromatic carbocycles. The van der Waals surface area contributed by atoms with Crippen molar-refractivity contribution in [2.24, 2.45) is 0 Å². The minimum absolute atomic E-state index is 0.167. The van der Waals surface area contributed by atoms with Gasteiger partial charge >= 0.3 is 11.8 Å². The standard InChI is InChI=1S/C14H17FN2O.C4H4F4.C3H6O.C2H6/c1-14(2,18)10-6-7-17-11(8-10)12(13(15)16-17)9-4-3-5-9;5-3(6)1-2-4(3,7)8;1-3(2)4;1-2/h6-9,18H,3-5H2,1-2H3;1-2H2;1-2H3;1-2H3. The average molecular weight is 465 g/mol. The van der Waals surface area contributed by atoms with E-state index in [0.717, 1.165) is 30.3 Å². The Morgan fingerprint density at radius 3 is 1.91 bits per heavy atom. The van der Waals surface area contributed by atoms with Crippen LogP contribution in [-0.2, 0) is 10.4 Å². The third-order valence-electron chi connectivity index (χ3n) is 5.14. The molecule has 0 aliphatic heterocycles. The lowest BCUT2D eigenvalue weighted by Crippen LogP contribution is -2.50. The number of pyridine rings is 1. The summed E-state index contributed by atoms with van der Waals surface area (Å²) in [6, 6.07) is 3.63. The van der Waals surface area contributed by atoms with Gasteiger partial charge in [0, 0.05) is 24.6 Å². The molecule has 0 unspecified atom stereocenters. The number of rotatable bonds is 2. The van der Waals surface area contributed by atoms with Crippen molar-refractivity contribution in [3.63, 3.8) is 0 Å². The second-order valence-corrected chi connectivity index (χ2v) is 8.45. The van der Waals surface area contributed by atoms with Crippen LogP contribution in [0.1, 0.15) is 90.7 Å². The van der Waals surface area contributed by atoms with E-state index >= 15 is 0 Å². The van der Waals surface area contributed by atoms with Crippen LogP contribution in [-0.4, -0.2) is 32.3 Å². The van der Waals surface area contributed by atoms with Gasteiger partial charge < -0.3 is 9.90 Å². The van der Waals surface area contributed by atoms with Gasteiger partial charge in [0.1, 0.15) is 5.78 Å². The summed E-state index contributed by atoms with van der Waals surface area (Å²) in [5, 5.41) is 13.9. The largest absolute Gasteiger partial charge is 0.386 e. The molecule has 2 aromatic rings. The fraction of sp³-hybridized carbons (Fsp3) is 0.652. The van der Waals surface area contributed by atoms with E-state index in [1.165, 1.54) is 13.8 Å². The molecule has 1 N–H and O–H groups in total. The number of hydrogen-bond donors (Lipinski definition) is 1. The highest BCUT2D eigenvalue weighted by atomic mass is 19.3. The Morgan fingerprint density at radius 2 is 1.59 bits per heavy atom. The van der Waals surface area contributed by atoms with Crippen LogP contribution >= 0.6 is 0 Å². The minimum Gasteiger partial charge on any atom is -0.386 e. The fourth-order valence-electron chi connectivity index (χ4n) is 2.99. The minimum atomic E-state index is -3.72. The molecule has 32 heavy (non-hydrogen) atoms. The lowest BCUT2D eigenvalue weighted by atomic mass is 9.80. The molecule has 2 saturated carbocycles. The Morgan fingerprint density at radius 1 is 1.12 bits per heavy atom. The second-order valence-electron chi connectivity index (χ2n) is 8.45. The molecule has 2 aliphatic rings. The summed E-state index contributed by atoms with van der Waals surface area (Å²) in [6.07, 6.45) is 3.61. The van der Waals surface area contributed by atoms with Gasteiger partial charge in [-0.15, -0.1) is 5.10 Å². The molecular weight excluding hydrogens is 431 g/mol. The van der Waals surface area contributed by atoms with Crippen LogP contribution < -0.4 is 0 Å². The fourth-order valence-corrected chi connectivity index (χ4v) is 2.99. The van der Waals surface area contributed by atoms with Gasteiger partial charge in [0.15, 0.2) is 0 Å². The van der Waals surface area contributed by atoms with E-state index in [4.69, 9.17) is 0 Å². The normalized spacial score (nSPS) is 18.5. The van der Waals surface area contributed by atoms with Gasteiger partial charge in [0.2, 0.25) is 5.95 Å². The summed E-state index contributed by atoms with van der Waals surface area (Å²) in [6.45, 7) is 10.5. The van der Waals surface area contributed by atoms with Crippen LogP contribution in [0.25, 0.3) is 5.52 Å². The molecule has 0 atom stereocenters. The number of aromatic nitrogens is 2. The molecule has 2 fully saturated rings. The topological polar surface area (TPSA) is 54.6 Å². The molecule has 182 valence electrons. The molecule has 9 heteroatoms. The number of alkyl halides is 4. The number of fused-ring (bicyclic) bond motifs is 1. The van der Waals surface area contributed by atoms with Crippen LogP contribution in [0.4, 0.5) is 22.0 Å². The van der Waals surface area contributed by atoms with Crippen molar-refractivity contribution in [1.82, 2.24) is 9.61 Å².